The highest BCUT2D eigenvalue weighted by Gasteiger charge is 2.18. The minimum Gasteiger partial charge on any atom is -0.395 e. The molecular formula is C15H22N4O2S. The zero-order valence-electron chi connectivity index (χ0n) is 12.5. The van der Waals surface area contributed by atoms with Crippen LogP contribution in [0.15, 0.2) is 24.3 Å². The van der Waals surface area contributed by atoms with E-state index in [0.717, 1.165) is 31.7 Å². The van der Waals surface area contributed by atoms with Gasteiger partial charge in [0.25, 0.3) is 0 Å². The summed E-state index contributed by atoms with van der Waals surface area (Å²) in [6, 6.07) is 7.23. The van der Waals surface area contributed by atoms with E-state index in [0.29, 0.717) is 23.8 Å². The summed E-state index contributed by atoms with van der Waals surface area (Å²) in [7, 11) is 0. The first-order valence-corrected chi connectivity index (χ1v) is 7.74. The fourth-order valence-electron chi connectivity index (χ4n) is 2.47. The number of β-amino-alcohol motifs (C(OH)–C–C–N with tert-alkyl or cyclic N) is 1. The Bertz CT molecular complexity index is 530. The number of piperazine rings is 1. The summed E-state index contributed by atoms with van der Waals surface area (Å²) in [4.78, 5) is 16.7. The zero-order chi connectivity index (χ0) is 15.9. The van der Waals surface area contributed by atoms with Crippen LogP contribution < -0.4 is 11.1 Å². The largest absolute Gasteiger partial charge is 0.395 e. The van der Waals surface area contributed by atoms with Gasteiger partial charge in [0, 0.05) is 44.0 Å². The summed E-state index contributed by atoms with van der Waals surface area (Å²) in [5.41, 5.74) is 7.03. The normalized spacial score (nSPS) is 16.4. The first-order chi connectivity index (χ1) is 10.6. The number of amides is 1. The highest BCUT2D eigenvalue weighted by Crippen LogP contribution is 2.11. The number of aliphatic hydroxyl groups excluding tert-OH is 1. The van der Waals surface area contributed by atoms with Crippen LogP contribution in [0.4, 0.5) is 5.69 Å². The Morgan fingerprint density at radius 3 is 2.59 bits per heavy atom. The molecule has 1 aliphatic heterocycles. The van der Waals surface area contributed by atoms with Gasteiger partial charge in [-0.15, -0.1) is 0 Å². The van der Waals surface area contributed by atoms with Crippen molar-refractivity contribution >= 4 is 28.8 Å². The van der Waals surface area contributed by atoms with Crippen LogP contribution in [-0.4, -0.2) is 71.7 Å². The maximum Gasteiger partial charge on any atom is 0.238 e. The van der Waals surface area contributed by atoms with E-state index in [9.17, 15) is 4.79 Å². The van der Waals surface area contributed by atoms with Gasteiger partial charge in [0.05, 0.1) is 13.2 Å². The molecule has 7 heteroatoms. The summed E-state index contributed by atoms with van der Waals surface area (Å²) in [6.07, 6.45) is 0. The third kappa shape index (κ3) is 5.03. The molecule has 0 aliphatic carbocycles. The van der Waals surface area contributed by atoms with Gasteiger partial charge >= 0.3 is 0 Å². The van der Waals surface area contributed by atoms with Crippen LogP contribution in [0.3, 0.4) is 0 Å². The van der Waals surface area contributed by atoms with Crippen LogP contribution in [0.25, 0.3) is 0 Å². The first-order valence-electron chi connectivity index (χ1n) is 7.34. The van der Waals surface area contributed by atoms with E-state index in [1.54, 1.807) is 6.07 Å². The second kappa shape index (κ2) is 8.19. The van der Waals surface area contributed by atoms with Crippen LogP contribution >= 0.6 is 12.2 Å². The number of hydrogen-bond donors (Lipinski definition) is 3. The third-order valence-corrected chi connectivity index (χ3v) is 3.91. The summed E-state index contributed by atoms with van der Waals surface area (Å²) in [6.45, 7) is 4.67. The molecule has 0 bridgehead atoms. The molecule has 1 aromatic carbocycles. The minimum atomic E-state index is -0.0457. The van der Waals surface area contributed by atoms with E-state index in [-0.39, 0.29) is 12.5 Å². The maximum atomic E-state index is 12.1. The molecule has 4 N–H and O–H groups in total. The average Bonchev–Trinajstić information content (AvgIpc) is 2.49. The molecule has 2 rings (SSSR count). The van der Waals surface area contributed by atoms with Crippen LogP contribution in [0, 0.1) is 0 Å². The Hall–Kier alpha value is -1.54. The number of nitrogens with zero attached hydrogens (tertiary/aromatic N) is 2. The van der Waals surface area contributed by atoms with Crippen LogP contribution in [-0.2, 0) is 4.79 Å². The van der Waals surface area contributed by atoms with Crippen molar-refractivity contribution in [2.45, 2.75) is 0 Å². The average molecular weight is 322 g/mol. The maximum absolute atomic E-state index is 12.1. The molecule has 1 heterocycles. The molecule has 1 saturated heterocycles. The highest BCUT2D eigenvalue weighted by molar-refractivity contribution is 7.80. The molecule has 1 amide bonds. The number of carbonyl (C=O) groups is 1. The molecule has 1 aromatic rings. The molecule has 6 nitrogen and oxygen atoms in total. The molecule has 0 spiro atoms. The van der Waals surface area contributed by atoms with E-state index < -0.39 is 0 Å². The highest BCUT2D eigenvalue weighted by atomic mass is 32.1. The second-order valence-corrected chi connectivity index (χ2v) is 5.77. The van der Waals surface area contributed by atoms with Crippen LogP contribution in [0.5, 0.6) is 0 Å². The smallest absolute Gasteiger partial charge is 0.238 e. The van der Waals surface area contributed by atoms with Gasteiger partial charge in [-0.3, -0.25) is 14.6 Å². The zero-order valence-corrected chi connectivity index (χ0v) is 13.3. The Labute approximate surface area is 135 Å². The Morgan fingerprint density at radius 1 is 1.27 bits per heavy atom. The van der Waals surface area contributed by atoms with Gasteiger partial charge in [-0.2, -0.15) is 0 Å². The number of benzene rings is 1. The quantitative estimate of drug-likeness (QED) is 0.633. The van der Waals surface area contributed by atoms with Gasteiger partial charge in [-0.25, -0.2) is 0 Å². The fourth-order valence-corrected chi connectivity index (χ4v) is 2.59. The molecular weight excluding hydrogens is 300 g/mol. The number of thiocarbonyl (C=S) groups is 1. The number of hydrogen-bond acceptors (Lipinski definition) is 5. The summed E-state index contributed by atoms with van der Waals surface area (Å²) < 4.78 is 0. The Kier molecular flexibility index (Phi) is 6.26. The molecule has 0 aromatic heterocycles. The van der Waals surface area contributed by atoms with E-state index in [1.165, 1.54) is 0 Å². The van der Waals surface area contributed by atoms with Gasteiger partial charge < -0.3 is 16.2 Å². The van der Waals surface area contributed by atoms with E-state index >= 15 is 0 Å². The van der Waals surface area contributed by atoms with Gasteiger partial charge in [-0.1, -0.05) is 24.4 Å². The molecule has 120 valence electrons. The standard InChI is InChI=1S/C15H22N4O2S/c16-15(22)12-2-1-3-13(10-12)17-14(21)11-19-6-4-18(5-7-19)8-9-20/h1-3,10,20H,4-9,11H2,(H2,16,22)(H,17,21). The van der Waals surface area contributed by atoms with Gasteiger partial charge in [-0.05, 0) is 12.1 Å². The van der Waals surface area contributed by atoms with Crippen LogP contribution in [0.1, 0.15) is 5.56 Å². The van der Waals surface area contributed by atoms with Crippen molar-refractivity contribution in [3.05, 3.63) is 29.8 Å². The fraction of sp³-hybridized carbons (Fsp3) is 0.467. The predicted octanol–water partition coefficient (Wildman–Crippen LogP) is -0.131. The van der Waals surface area contributed by atoms with Crippen molar-refractivity contribution in [2.75, 3.05) is 51.2 Å². The van der Waals surface area contributed by atoms with Crippen molar-refractivity contribution < 1.29 is 9.90 Å². The minimum absolute atomic E-state index is 0.0457. The van der Waals surface area contributed by atoms with Gasteiger partial charge in [0.2, 0.25) is 5.91 Å². The molecule has 1 aliphatic rings. The lowest BCUT2D eigenvalue weighted by molar-refractivity contribution is -0.117. The lowest BCUT2D eigenvalue weighted by Crippen LogP contribution is -2.49. The lowest BCUT2D eigenvalue weighted by atomic mass is 10.2. The summed E-state index contributed by atoms with van der Waals surface area (Å²) >= 11 is 4.93. The van der Waals surface area contributed by atoms with Crippen LogP contribution in [0.2, 0.25) is 0 Å². The number of rotatable bonds is 6. The molecule has 0 saturated carbocycles. The van der Waals surface area contributed by atoms with E-state index in [1.807, 2.05) is 18.2 Å². The number of aliphatic hydroxyl groups is 1. The van der Waals surface area contributed by atoms with Crippen molar-refractivity contribution in [2.24, 2.45) is 5.73 Å². The SMILES string of the molecule is NC(=S)c1cccc(NC(=O)CN2CCN(CCO)CC2)c1. The lowest BCUT2D eigenvalue weighted by Gasteiger charge is -2.33. The Morgan fingerprint density at radius 2 is 1.95 bits per heavy atom. The molecule has 22 heavy (non-hydrogen) atoms. The summed E-state index contributed by atoms with van der Waals surface area (Å²) in [5.74, 6) is -0.0457. The van der Waals surface area contributed by atoms with Gasteiger partial charge in [0.1, 0.15) is 4.99 Å². The molecule has 0 unspecified atom stereocenters. The topological polar surface area (TPSA) is 81.8 Å². The van der Waals surface area contributed by atoms with Crippen molar-refractivity contribution in [3.8, 4) is 0 Å². The number of nitrogens with one attached hydrogen (secondary N) is 1. The monoisotopic (exact) mass is 322 g/mol. The molecule has 0 atom stereocenters. The molecule has 0 radical (unpaired) electrons. The van der Waals surface area contributed by atoms with Crippen molar-refractivity contribution in [1.82, 2.24) is 9.80 Å². The Balaban J connectivity index is 1.81. The first kappa shape index (κ1) is 16.8. The second-order valence-electron chi connectivity index (χ2n) is 5.33. The van der Waals surface area contributed by atoms with Crippen molar-refractivity contribution in [1.29, 1.82) is 0 Å². The number of anilines is 1. The predicted molar refractivity (Wildman–Crippen MR) is 90.9 cm³/mol. The van der Waals surface area contributed by atoms with E-state index in [4.69, 9.17) is 23.1 Å². The number of carbonyl (C=O) groups excluding carboxylic acids is 1. The van der Waals surface area contributed by atoms with Gasteiger partial charge in [0.15, 0.2) is 0 Å². The third-order valence-electron chi connectivity index (χ3n) is 3.68. The summed E-state index contributed by atoms with van der Waals surface area (Å²) in [5, 5.41) is 11.8. The number of nitrogens with two attached hydrogens (primary N) is 1. The van der Waals surface area contributed by atoms with Crippen molar-refractivity contribution in [3.63, 3.8) is 0 Å². The van der Waals surface area contributed by atoms with E-state index in [2.05, 4.69) is 15.1 Å². The molecule has 1 fully saturated rings.